The molecule has 0 spiro atoms. The fourth-order valence-corrected chi connectivity index (χ4v) is 4.83. The predicted molar refractivity (Wildman–Crippen MR) is 117 cm³/mol. The van der Waals surface area contributed by atoms with Gasteiger partial charge in [0.1, 0.15) is 4.34 Å². The van der Waals surface area contributed by atoms with E-state index < -0.39 is 0 Å². The second-order valence-corrected chi connectivity index (χ2v) is 8.92. The summed E-state index contributed by atoms with van der Waals surface area (Å²) in [6, 6.07) is 11.2. The zero-order chi connectivity index (χ0) is 18.7. The van der Waals surface area contributed by atoms with Gasteiger partial charge < -0.3 is 10.6 Å². The van der Waals surface area contributed by atoms with Crippen LogP contribution in [0.3, 0.4) is 0 Å². The number of piperidine rings is 1. The monoisotopic (exact) mass is 403 g/mol. The number of rotatable bonds is 8. The standard InChI is InChI=1S/C20H29N5S2/c1-21-19(22-10-5-14-26-20-23-11-15-27-20)24-18-8-12-25(13-9-18)16-17-6-3-2-4-7-17/h2-4,6-7,11,15,18H,5,8-10,12-14,16H2,1H3,(H2,21,22,24). The summed E-state index contributed by atoms with van der Waals surface area (Å²) in [7, 11) is 1.85. The smallest absolute Gasteiger partial charge is 0.191 e. The van der Waals surface area contributed by atoms with Crippen molar-refractivity contribution in [2.75, 3.05) is 32.4 Å². The summed E-state index contributed by atoms with van der Waals surface area (Å²) in [5.41, 5.74) is 1.40. The lowest BCUT2D eigenvalue weighted by Crippen LogP contribution is -2.48. The highest BCUT2D eigenvalue weighted by Gasteiger charge is 2.19. The Morgan fingerprint density at radius 1 is 1.30 bits per heavy atom. The van der Waals surface area contributed by atoms with E-state index in [1.165, 1.54) is 5.56 Å². The third-order valence-electron chi connectivity index (χ3n) is 4.65. The Hall–Kier alpha value is -1.57. The van der Waals surface area contributed by atoms with Crippen molar-refractivity contribution >= 4 is 29.1 Å². The molecule has 7 heteroatoms. The Bertz CT molecular complexity index is 667. The number of aliphatic imine (C=N–C) groups is 1. The fourth-order valence-electron chi connectivity index (χ4n) is 3.19. The van der Waals surface area contributed by atoms with Crippen LogP contribution in [-0.4, -0.2) is 54.3 Å². The van der Waals surface area contributed by atoms with Gasteiger partial charge in [-0.1, -0.05) is 42.1 Å². The lowest BCUT2D eigenvalue weighted by atomic mass is 10.0. The zero-order valence-corrected chi connectivity index (χ0v) is 17.6. The first-order chi connectivity index (χ1) is 13.3. The number of likely N-dealkylation sites (tertiary alicyclic amines) is 1. The molecule has 0 atom stereocenters. The zero-order valence-electron chi connectivity index (χ0n) is 15.9. The molecule has 0 unspecified atom stereocenters. The summed E-state index contributed by atoms with van der Waals surface area (Å²) in [5.74, 6) is 2.01. The molecule has 0 aliphatic carbocycles. The molecule has 0 amide bonds. The first-order valence-electron chi connectivity index (χ1n) is 9.59. The van der Waals surface area contributed by atoms with E-state index in [4.69, 9.17) is 0 Å². The maximum absolute atomic E-state index is 4.38. The molecule has 0 radical (unpaired) electrons. The molecule has 1 saturated heterocycles. The summed E-state index contributed by atoms with van der Waals surface area (Å²) in [6.07, 6.45) is 5.28. The molecule has 1 aromatic carbocycles. The van der Waals surface area contributed by atoms with Crippen molar-refractivity contribution in [2.45, 2.75) is 36.2 Å². The molecular weight excluding hydrogens is 374 g/mol. The number of nitrogens with one attached hydrogen (secondary N) is 2. The number of hydrogen-bond acceptors (Lipinski definition) is 5. The Morgan fingerprint density at radius 2 is 2.11 bits per heavy atom. The molecule has 0 bridgehead atoms. The highest BCUT2D eigenvalue weighted by Crippen LogP contribution is 2.20. The van der Waals surface area contributed by atoms with Crippen LogP contribution < -0.4 is 10.6 Å². The molecule has 27 heavy (non-hydrogen) atoms. The van der Waals surface area contributed by atoms with Crippen molar-refractivity contribution in [1.29, 1.82) is 0 Å². The minimum absolute atomic E-state index is 0.507. The lowest BCUT2D eigenvalue weighted by molar-refractivity contribution is 0.198. The highest BCUT2D eigenvalue weighted by atomic mass is 32.2. The van der Waals surface area contributed by atoms with Crippen LogP contribution in [-0.2, 0) is 6.54 Å². The van der Waals surface area contributed by atoms with Crippen LogP contribution in [0.1, 0.15) is 24.8 Å². The van der Waals surface area contributed by atoms with E-state index in [0.717, 1.165) is 61.5 Å². The molecule has 2 aromatic rings. The molecule has 1 aromatic heterocycles. The fraction of sp³-hybridized carbons (Fsp3) is 0.500. The first-order valence-corrected chi connectivity index (χ1v) is 11.5. The predicted octanol–water partition coefficient (Wildman–Crippen LogP) is 3.45. The number of nitrogens with zero attached hydrogens (tertiary/aromatic N) is 3. The minimum Gasteiger partial charge on any atom is -0.356 e. The van der Waals surface area contributed by atoms with E-state index in [1.54, 1.807) is 11.3 Å². The van der Waals surface area contributed by atoms with Crippen molar-refractivity contribution in [3.63, 3.8) is 0 Å². The molecule has 0 saturated carbocycles. The quantitative estimate of drug-likeness (QED) is 0.306. The van der Waals surface area contributed by atoms with Gasteiger partial charge in [-0.3, -0.25) is 9.89 Å². The number of guanidine groups is 1. The Labute approximate surface area is 170 Å². The second-order valence-electron chi connectivity index (χ2n) is 6.68. The van der Waals surface area contributed by atoms with Gasteiger partial charge in [0, 0.05) is 56.6 Å². The Kier molecular flexibility index (Phi) is 8.45. The Morgan fingerprint density at radius 3 is 2.81 bits per heavy atom. The van der Waals surface area contributed by atoms with Crippen LogP contribution >= 0.6 is 23.1 Å². The minimum atomic E-state index is 0.507. The van der Waals surface area contributed by atoms with E-state index >= 15 is 0 Å². The van der Waals surface area contributed by atoms with E-state index in [-0.39, 0.29) is 0 Å². The summed E-state index contributed by atoms with van der Waals surface area (Å²) in [4.78, 5) is 11.2. The number of benzene rings is 1. The van der Waals surface area contributed by atoms with E-state index in [2.05, 4.69) is 55.8 Å². The summed E-state index contributed by atoms with van der Waals surface area (Å²) >= 11 is 3.53. The van der Waals surface area contributed by atoms with Crippen LogP contribution in [0.4, 0.5) is 0 Å². The molecule has 3 rings (SSSR count). The van der Waals surface area contributed by atoms with Gasteiger partial charge in [-0.15, -0.1) is 11.3 Å². The third kappa shape index (κ3) is 7.16. The molecule has 5 nitrogen and oxygen atoms in total. The van der Waals surface area contributed by atoms with Crippen LogP contribution in [0.5, 0.6) is 0 Å². The lowest BCUT2D eigenvalue weighted by Gasteiger charge is -2.33. The van der Waals surface area contributed by atoms with Gasteiger partial charge >= 0.3 is 0 Å². The average Bonchev–Trinajstić information content (AvgIpc) is 3.22. The summed E-state index contributed by atoms with van der Waals surface area (Å²) in [6.45, 7) is 4.25. The van der Waals surface area contributed by atoms with Gasteiger partial charge in [-0.25, -0.2) is 4.98 Å². The molecule has 1 aliphatic heterocycles. The van der Waals surface area contributed by atoms with E-state index in [9.17, 15) is 0 Å². The second kappa shape index (κ2) is 11.3. The van der Waals surface area contributed by atoms with E-state index in [0.29, 0.717) is 6.04 Å². The highest BCUT2D eigenvalue weighted by molar-refractivity contribution is 8.00. The molecule has 146 valence electrons. The van der Waals surface area contributed by atoms with Crippen LogP contribution in [0, 0.1) is 0 Å². The summed E-state index contributed by atoms with van der Waals surface area (Å²) in [5, 5.41) is 9.06. The normalized spacial score (nSPS) is 16.4. The molecule has 2 heterocycles. The number of thioether (sulfide) groups is 1. The van der Waals surface area contributed by atoms with Crippen LogP contribution in [0.2, 0.25) is 0 Å². The number of aromatic nitrogens is 1. The van der Waals surface area contributed by atoms with Gasteiger partial charge in [0.15, 0.2) is 5.96 Å². The van der Waals surface area contributed by atoms with Gasteiger partial charge in [0.25, 0.3) is 0 Å². The van der Waals surface area contributed by atoms with Gasteiger partial charge in [0.2, 0.25) is 0 Å². The van der Waals surface area contributed by atoms with Crippen LogP contribution in [0.25, 0.3) is 0 Å². The van der Waals surface area contributed by atoms with Gasteiger partial charge in [0.05, 0.1) is 0 Å². The largest absolute Gasteiger partial charge is 0.356 e. The maximum Gasteiger partial charge on any atom is 0.191 e. The van der Waals surface area contributed by atoms with Crippen molar-refractivity contribution in [2.24, 2.45) is 4.99 Å². The first kappa shape index (κ1) is 20.2. The molecule has 1 fully saturated rings. The topological polar surface area (TPSA) is 52.6 Å². The molecular formula is C20H29N5S2. The maximum atomic E-state index is 4.38. The van der Waals surface area contributed by atoms with Gasteiger partial charge in [-0.05, 0) is 24.8 Å². The van der Waals surface area contributed by atoms with Crippen molar-refractivity contribution < 1.29 is 0 Å². The third-order valence-corrected chi connectivity index (χ3v) is 6.70. The average molecular weight is 404 g/mol. The van der Waals surface area contributed by atoms with Gasteiger partial charge in [-0.2, -0.15) is 0 Å². The SMILES string of the molecule is CN=C(NCCCSc1nccs1)NC1CCN(Cc2ccccc2)CC1. The number of thiazole rings is 1. The van der Waals surface area contributed by atoms with E-state index in [1.807, 2.05) is 30.4 Å². The molecule has 2 N–H and O–H groups in total. The van der Waals surface area contributed by atoms with Crippen molar-refractivity contribution in [3.05, 3.63) is 47.5 Å². The molecule has 1 aliphatic rings. The van der Waals surface area contributed by atoms with Crippen molar-refractivity contribution in [1.82, 2.24) is 20.5 Å². The summed E-state index contributed by atoms with van der Waals surface area (Å²) < 4.78 is 1.15. The van der Waals surface area contributed by atoms with Crippen molar-refractivity contribution in [3.8, 4) is 0 Å². The number of hydrogen-bond donors (Lipinski definition) is 2. The van der Waals surface area contributed by atoms with Crippen LogP contribution in [0.15, 0.2) is 51.2 Å². The Balaban J connectivity index is 1.30.